The number of methoxy groups -OCH3 is 1. The molecule has 2 amide bonds. The first-order valence-corrected chi connectivity index (χ1v) is 15.7. The molecular weight excluding hydrogens is 546 g/mol. The third kappa shape index (κ3) is 7.04. The number of rotatable bonds is 13. The molecule has 2 aliphatic rings. The van der Waals surface area contributed by atoms with Gasteiger partial charge in [0.1, 0.15) is 17.3 Å². The number of benzene rings is 2. The molecule has 9 heteroatoms. The summed E-state index contributed by atoms with van der Waals surface area (Å²) in [6, 6.07) is 12.4. The van der Waals surface area contributed by atoms with Gasteiger partial charge in [0.2, 0.25) is 11.8 Å². The molecule has 2 aliphatic heterocycles. The molecule has 2 aromatic carbocycles. The molecular formula is C34H47N3O6. The summed E-state index contributed by atoms with van der Waals surface area (Å²) < 4.78 is 5.43. The van der Waals surface area contributed by atoms with E-state index in [-0.39, 0.29) is 23.3 Å². The molecule has 1 spiro atoms. The van der Waals surface area contributed by atoms with Gasteiger partial charge in [-0.25, -0.2) is 4.79 Å². The number of nitrogens with one attached hydrogen (secondary N) is 1. The number of piperazine rings is 1. The highest BCUT2D eigenvalue weighted by molar-refractivity contribution is 6.00. The number of unbranched alkanes of at least 4 members (excludes halogenated alkanes) is 1. The number of nitrogens with zero attached hydrogens (tertiary/aromatic N) is 2. The molecule has 0 saturated carbocycles. The summed E-state index contributed by atoms with van der Waals surface area (Å²) in [5, 5.41) is 23.2. The topological polar surface area (TPSA) is 119 Å². The molecule has 0 aromatic heterocycles. The molecule has 2 fully saturated rings. The average molecular weight is 594 g/mol. The van der Waals surface area contributed by atoms with E-state index in [1.165, 1.54) is 0 Å². The number of amides is 2. The minimum atomic E-state index is -0.984. The van der Waals surface area contributed by atoms with Crippen molar-refractivity contribution in [3.05, 3.63) is 64.7 Å². The number of aromatic carboxylic acids is 1. The summed E-state index contributed by atoms with van der Waals surface area (Å²) in [5.74, 6) is -0.744. The number of carboxylic acid groups (broad SMARTS) is 1. The Morgan fingerprint density at radius 1 is 1.05 bits per heavy atom. The number of likely N-dealkylation sites (tertiary alicyclic amines) is 1. The van der Waals surface area contributed by atoms with Crippen LogP contribution in [0, 0.1) is 5.92 Å². The summed E-state index contributed by atoms with van der Waals surface area (Å²) in [7, 11) is 1.54. The smallest absolute Gasteiger partial charge is 0.335 e. The van der Waals surface area contributed by atoms with Gasteiger partial charge in [0.05, 0.1) is 18.8 Å². The fourth-order valence-corrected chi connectivity index (χ4v) is 6.60. The Bertz CT molecular complexity index is 1270. The van der Waals surface area contributed by atoms with Crippen LogP contribution in [0.2, 0.25) is 0 Å². The Kier molecular flexibility index (Phi) is 10.8. The van der Waals surface area contributed by atoms with Gasteiger partial charge in [0, 0.05) is 32.6 Å². The van der Waals surface area contributed by atoms with Gasteiger partial charge < -0.3 is 25.2 Å². The van der Waals surface area contributed by atoms with Crippen LogP contribution < -0.4 is 10.1 Å². The second-order valence-corrected chi connectivity index (χ2v) is 12.0. The van der Waals surface area contributed by atoms with Gasteiger partial charge in [0.25, 0.3) is 0 Å². The minimum Gasteiger partial charge on any atom is -0.496 e. The van der Waals surface area contributed by atoms with Crippen LogP contribution >= 0.6 is 0 Å². The molecule has 0 radical (unpaired) electrons. The lowest BCUT2D eigenvalue weighted by Gasteiger charge is -2.52. The summed E-state index contributed by atoms with van der Waals surface area (Å²) in [6.45, 7) is 8.75. The zero-order chi connectivity index (χ0) is 31.1. The number of piperidine rings is 1. The van der Waals surface area contributed by atoms with Crippen molar-refractivity contribution in [3.8, 4) is 5.75 Å². The van der Waals surface area contributed by atoms with Crippen molar-refractivity contribution in [1.82, 2.24) is 15.1 Å². The summed E-state index contributed by atoms with van der Waals surface area (Å²) in [4.78, 5) is 42.9. The van der Waals surface area contributed by atoms with Crippen molar-refractivity contribution in [2.75, 3.05) is 26.7 Å². The largest absolute Gasteiger partial charge is 0.496 e. The van der Waals surface area contributed by atoms with Gasteiger partial charge in [-0.15, -0.1) is 0 Å². The summed E-state index contributed by atoms with van der Waals surface area (Å²) in [6.07, 6.45) is 4.10. The number of carbonyl (C=O) groups excluding carboxylic acids is 2. The van der Waals surface area contributed by atoms with Crippen molar-refractivity contribution >= 4 is 17.8 Å². The predicted molar refractivity (Wildman–Crippen MR) is 165 cm³/mol. The first-order chi connectivity index (χ1) is 20.7. The summed E-state index contributed by atoms with van der Waals surface area (Å²) in [5.41, 5.74) is 2.50. The van der Waals surface area contributed by atoms with Crippen molar-refractivity contribution in [2.45, 2.75) is 89.9 Å². The zero-order valence-corrected chi connectivity index (χ0v) is 26.0. The SMILES string of the molecule is CCCCN1C(=O)[C@@H]([C@H](O)C(CC)CC)NC(=O)C12CCN(Cc1ccc(Cc3ccc(C(=O)O)cc3OC)cc1)CC2. The first kappa shape index (κ1) is 32.5. The Balaban J connectivity index is 1.40. The monoisotopic (exact) mass is 593 g/mol. The van der Waals surface area contributed by atoms with Crippen molar-refractivity contribution in [3.63, 3.8) is 0 Å². The van der Waals surface area contributed by atoms with E-state index in [4.69, 9.17) is 4.74 Å². The van der Waals surface area contributed by atoms with Gasteiger partial charge >= 0.3 is 5.97 Å². The molecule has 234 valence electrons. The third-order valence-electron chi connectivity index (χ3n) is 9.41. The highest BCUT2D eigenvalue weighted by Gasteiger charge is 2.55. The van der Waals surface area contributed by atoms with Gasteiger partial charge in [-0.2, -0.15) is 0 Å². The maximum absolute atomic E-state index is 13.8. The molecule has 4 rings (SSSR count). The number of aliphatic hydroxyl groups is 1. The van der Waals surface area contributed by atoms with Crippen LogP contribution in [-0.2, 0) is 22.6 Å². The highest BCUT2D eigenvalue weighted by atomic mass is 16.5. The van der Waals surface area contributed by atoms with E-state index < -0.39 is 23.7 Å². The second kappa shape index (κ2) is 14.4. The van der Waals surface area contributed by atoms with Crippen LogP contribution in [0.4, 0.5) is 0 Å². The van der Waals surface area contributed by atoms with E-state index in [1.54, 1.807) is 30.2 Å². The average Bonchev–Trinajstić information content (AvgIpc) is 3.01. The zero-order valence-electron chi connectivity index (χ0n) is 26.0. The third-order valence-corrected chi connectivity index (χ3v) is 9.41. The Labute approximate surface area is 255 Å². The van der Waals surface area contributed by atoms with E-state index in [0.717, 1.165) is 48.9 Å². The molecule has 0 unspecified atom stereocenters. The molecule has 0 aliphatic carbocycles. The molecule has 2 saturated heterocycles. The van der Waals surface area contributed by atoms with Gasteiger partial charge in [-0.1, -0.05) is 70.4 Å². The molecule has 2 heterocycles. The van der Waals surface area contributed by atoms with E-state index in [0.29, 0.717) is 44.6 Å². The quantitative estimate of drug-likeness (QED) is 0.318. The lowest BCUT2D eigenvalue weighted by molar-refractivity contribution is -0.165. The van der Waals surface area contributed by atoms with Crippen LogP contribution in [0.3, 0.4) is 0 Å². The first-order valence-electron chi connectivity index (χ1n) is 15.7. The number of carbonyl (C=O) groups is 3. The lowest BCUT2D eigenvalue weighted by Crippen LogP contribution is -2.75. The minimum absolute atomic E-state index is 0.0379. The predicted octanol–water partition coefficient (Wildman–Crippen LogP) is 4.24. The van der Waals surface area contributed by atoms with Crippen molar-refractivity contribution < 1.29 is 29.3 Å². The van der Waals surface area contributed by atoms with Crippen LogP contribution in [0.15, 0.2) is 42.5 Å². The molecule has 2 atom stereocenters. The van der Waals surface area contributed by atoms with E-state index in [1.807, 2.05) is 13.8 Å². The number of hydrogen-bond acceptors (Lipinski definition) is 6. The van der Waals surface area contributed by atoms with Crippen LogP contribution in [0.1, 0.15) is 86.3 Å². The Hall–Kier alpha value is -3.43. The second-order valence-electron chi connectivity index (χ2n) is 12.0. The maximum Gasteiger partial charge on any atom is 0.335 e. The standard InChI is InChI=1S/C34H47N3O6/c1-5-8-17-37-31(39)29(30(38)25(6-2)7-3)35-33(42)34(37)15-18-36(19-16-34)22-24-11-9-23(10-12-24)20-26-13-14-27(32(40)41)21-28(26)43-4/h9-14,21,25,29-30,38H,5-8,15-20,22H2,1-4H3,(H,35,42)(H,40,41)/t29-,30-/m1/s1. The lowest BCUT2D eigenvalue weighted by atomic mass is 9.79. The normalized spacial score (nSPS) is 19.5. The molecule has 0 bridgehead atoms. The molecule has 3 N–H and O–H groups in total. The van der Waals surface area contributed by atoms with Crippen molar-refractivity contribution in [1.29, 1.82) is 0 Å². The van der Waals surface area contributed by atoms with E-state index >= 15 is 0 Å². The van der Waals surface area contributed by atoms with E-state index in [9.17, 15) is 24.6 Å². The molecule has 43 heavy (non-hydrogen) atoms. The maximum atomic E-state index is 13.8. The highest BCUT2D eigenvalue weighted by Crippen LogP contribution is 2.35. The van der Waals surface area contributed by atoms with Gasteiger partial charge in [0.15, 0.2) is 0 Å². The van der Waals surface area contributed by atoms with Crippen LogP contribution in [0.5, 0.6) is 5.75 Å². The Morgan fingerprint density at radius 2 is 1.70 bits per heavy atom. The fourth-order valence-electron chi connectivity index (χ4n) is 6.60. The van der Waals surface area contributed by atoms with Crippen molar-refractivity contribution in [2.24, 2.45) is 5.92 Å². The van der Waals surface area contributed by atoms with Gasteiger partial charge in [-0.05, 0) is 54.0 Å². The van der Waals surface area contributed by atoms with E-state index in [2.05, 4.69) is 41.4 Å². The summed E-state index contributed by atoms with van der Waals surface area (Å²) >= 11 is 0. The molecule has 2 aromatic rings. The van der Waals surface area contributed by atoms with Crippen LogP contribution in [0.25, 0.3) is 0 Å². The number of carboxylic acids is 1. The van der Waals surface area contributed by atoms with Crippen LogP contribution in [-0.4, -0.2) is 82.2 Å². The fraction of sp³-hybridized carbons (Fsp3) is 0.559. The van der Waals surface area contributed by atoms with Gasteiger partial charge in [-0.3, -0.25) is 14.5 Å². The number of hydrogen-bond donors (Lipinski definition) is 3. The number of ether oxygens (including phenoxy) is 1. The molecule has 9 nitrogen and oxygen atoms in total. The number of aliphatic hydroxyl groups excluding tert-OH is 1. The Morgan fingerprint density at radius 3 is 2.28 bits per heavy atom.